The number of hydrogen-bond acceptors (Lipinski definition) is 3. The number of alkyl halides is 1. The smallest absolute Gasteiger partial charge is 0.311 e. The number of benzene rings is 1. The van der Waals surface area contributed by atoms with Gasteiger partial charge in [-0.15, -0.1) is 11.6 Å². The average Bonchev–Trinajstić information content (AvgIpc) is 2.34. The van der Waals surface area contributed by atoms with Crippen LogP contribution in [0, 0.1) is 17.0 Å². The number of nitro benzene ring substituents is 1. The zero-order chi connectivity index (χ0) is 13.4. The molecule has 0 heterocycles. The van der Waals surface area contributed by atoms with E-state index in [0.29, 0.717) is 18.2 Å². The van der Waals surface area contributed by atoms with Crippen LogP contribution in [-0.4, -0.2) is 17.4 Å². The molecular weight excluding hydrogens is 254 g/mol. The minimum atomic E-state index is -0.407. The summed E-state index contributed by atoms with van der Waals surface area (Å²) in [6, 6.07) is 4.95. The number of hydrogen-bond donors (Lipinski definition) is 0. The average molecular weight is 272 g/mol. The van der Waals surface area contributed by atoms with Gasteiger partial charge in [-0.2, -0.15) is 0 Å². The molecule has 0 fully saturated rings. The Morgan fingerprint density at radius 3 is 2.67 bits per heavy atom. The molecule has 5 heteroatoms. The molecule has 0 spiro atoms. The molecule has 1 rings (SSSR count). The molecule has 0 aromatic heterocycles. The summed E-state index contributed by atoms with van der Waals surface area (Å²) in [5.41, 5.74) is 0.834. The quantitative estimate of drug-likeness (QED) is 0.310. The van der Waals surface area contributed by atoms with E-state index in [1.807, 2.05) is 13.0 Å². The molecule has 100 valence electrons. The van der Waals surface area contributed by atoms with Gasteiger partial charge in [0.2, 0.25) is 0 Å². The SMILES string of the molecule is Cc1cccc([N+](=O)[O-])c1OCCCCCCCl. The molecule has 0 amide bonds. The van der Waals surface area contributed by atoms with Crippen molar-refractivity contribution in [2.75, 3.05) is 12.5 Å². The second-order valence-corrected chi connectivity index (χ2v) is 4.51. The molecule has 0 atom stereocenters. The first-order chi connectivity index (χ1) is 8.66. The molecule has 0 aliphatic heterocycles. The third-order valence-electron chi connectivity index (χ3n) is 2.66. The van der Waals surface area contributed by atoms with Crippen LogP contribution in [0.3, 0.4) is 0 Å². The molecule has 1 aromatic carbocycles. The van der Waals surface area contributed by atoms with Crippen molar-refractivity contribution in [3.63, 3.8) is 0 Å². The standard InChI is InChI=1S/C13H18ClNO3/c1-11-7-6-8-12(15(16)17)13(11)18-10-5-3-2-4-9-14/h6-8H,2-5,9-10H2,1H3. The fraction of sp³-hybridized carbons (Fsp3) is 0.538. The van der Waals surface area contributed by atoms with Crippen LogP contribution in [0.5, 0.6) is 5.75 Å². The molecule has 0 saturated heterocycles. The maximum absolute atomic E-state index is 10.9. The Morgan fingerprint density at radius 1 is 1.28 bits per heavy atom. The number of halogens is 1. The predicted octanol–water partition coefficient (Wildman–Crippen LogP) is 4.08. The minimum Gasteiger partial charge on any atom is -0.487 e. The maximum Gasteiger partial charge on any atom is 0.311 e. The summed E-state index contributed by atoms with van der Waals surface area (Å²) in [7, 11) is 0. The second-order valence-electron chi connectivity index (χ2n) is 4.13. The van der Waals surface area contributed by atoms with E-state index in [2.05, 4.69) is 0 Å². The third-order valence-corrected chi connectivity index (χ3v) is 2.93. The van der Waals surface area contributed by atoms with Gasteiger partial charge in [-0.3, -0.25) is 10.1 Å². The first kappa shape index (κ1) is 14.8. The number of rotatable bonds is 8. The van der Waals surface area contributed by atoms with Crippen LogP contribution in [0.15, 0.2) is 18.2 Å². The molecule has 0 saturated carbocycles. The Bertz CT molecular complexity index is 396. The highest BCUT2D eigenvalue weighted by Gasteiger charge is 2.16. The lowest BCUT2D eigenvalue weighted by Crippen LogP contribution is -2.02. The molecule has 0 N–H and O–H groups in total. The van der Waals surface area contributed by atoms with Gasteiger partial charge < -0.3 is 4.74 Å². The van der Waals surface area contributed by atoms with Gasteiger partial charge in [0.05, 0.1) is 11.5 Å². The number of nitro groups is 1. The van der Waals surface area contributed by atoms with Crippen LogP contribution in [0.2, 0.25) is 0 Å². The summed E-state index contributed by atoms with van der Waals surface area (Å²) in [5.74, 6) is 1.07. The van der Waals surface area contributed by atoms with Crippen LogP contribution >= 0.6 is 11.6 Å². The highest BCUT2D eigenvalue weighted by atomic mass is 35.5. The molecule has 1 aromatic rings. The van der Waals surface area contributed by atoms with Crippen molar-refractivity contribution in [3.05, 3.63) is 33.9 Å². The van der Waals surface area contributed by atoms with Gasteiger partial charge in [-0.1, -0.05) is 25.0 Å². The highest BCUT2D eigenvalue weighted by molar-refractivity contribution is 6.17. The fourth-order valence-electron chi connectivity index (χ4n) is 1.69. The number of unbranched alkanes of at least 4 members (excludes halogenated alkanes) is 3. The molecular formula is C13H18ClNO3. The Morgan fingerprint density at radius 2 is 2.00 bits per heavy atom. The lowest BCUT2D eigenvalue weighted by Gasteiger charge is -2.09. The van der Waals surface area contributed by atoms with Gasteiger partial charge in [0.1, 0.15) is 0 Å². The zero-order valence-electron chi connectivity index (χ0n) is 10.5. The summed E-state index contributed by atoms with van der Waals surface area (Å²) < 4.78 is 5.53. The van der Waals surface area contributed by atoms with Crippen molar-refractivity contribution in [1.29, 1.82) is 0 Å². The van der Waals surface area contributed by atoms with Gasteiger partial charge in [-0.25, -0.2) is 0 Å². The second kappa shape index (κ2) is 7.93. The number of nitrogens with zero attached hydrogens (tertiary/aromatic N) is 1. The minimum absolute atomic E-state index is 0.0377. The van der Waals surface area contributed by atoms with E-state index in [4.69, 9.17) is 16.3 Å². The van der Waals surface area contributed by atoms with Crippen molar-refractivity contribution < 1.29 is 9.66 Å². The van der Waals surface area contributed by atoms with Gasteiger partial charge in [0, 0.05) is 11.9 Å². The third kappa shape index (κ3) is 4.53. The van der Waals surface area contributed by atoms with Crippen LogP contribution in [0.1, 0.15) is 31.2 Å². The molecule has 4 nitrogen and oxygen atoms in total. The Kier molecular flexibility index (Phi) is 6.50. The summed E-state index contributed by atoms with van der Waals surface area (Å²) in [6.07, 6.45) is 4.00. The van der Waals surface area contributed by atoms with Crippen LogP contribution < -0.4 is 4.74 Å². The van der Waals surface area contributed by atoms with Crippen LogP contribution in [0.25, 0.3) is 0 Å². The topological polar surface area (TPSA) is 52.4 Å². The fourth-order valence-corrected chi connectivity index (χ4v) is 1.88. The number of aryl methyl sites for hydroxylation is 1. The van der Waals surface area contributed by atoms with Crippen molar-refractivity contribution in [2.24, 2.45) is 0 Å². The van der Waals surface area contributed by atoms with E-state index in [1.165, 1.54) is 6.07 Å². The first-order valence-corrected chi connectivity index (χ1v) is 6.63. The van der Waals surface area contributed by atoms with E-state index in [0.717, 1.165) is 31.2 Å². The summed E-state index contributed by atoms with van der Waals surface area (Å²) >= 11 is 5.58. The first-order valence-electron chi connectivity index (χ1n) is 6.09. The van der Waals surface area contributed by atoms with Crippen molar-refractivity contribution in [3.8, 4) is 5.75 Å². The van der Waals surface area contributed by atoms with E-state index in [9.17, 15) is 10.1 Å². The van der Waals surface area contributed by atoms with E-state index in [-0.39, 0.29) is 5.69 Å². The molecule has 0 bridgehead atoms. The lowest BCUT2D eigenvalue weighted by molar-refractivity contribution is -0.385. The van der Waals surface area contributed by atoms with Gasteiger partial charge in [-0.05, 0) is 25.3 Å². The normalized spacial score (nSPS) is 10.3. The predicted molar refractivity (Wildman–Crippen MR) is 72.5 cm³/mol. The van der Waals surface area contributed by atoms with Crippen molar-refractivity contribution >= 4 is 17.3 Å². The largest absolute Gasteiger partial charge is 0.487 e. The van der Waals surface area contributed by atoms with Gasteiger partial charge in [0.15, 0.2) is 5.75 Å². The maximum atomic E-state index is 10.9. The van der Waals surface area contributed by atoms with E-state index < -0.39 is 4.92 Å². The monoisotopic (exact) mass is 271 g/mol. The number of para-hydroxylation sites is 1. The van der Waals surface area contributed by atoms with E-state index >= 15 is 0 Å². The van der Waals surface area contributed by atoms with Gasteiger partial charge >= 0.3 is 5.69 Å². The summed E-state index contributed by atoms with van der Waals surface area (Å²) in [4.78, 5) is 10.5. The van der Waals surface area contributed by atoms with Crippen molar-refractivity contribution in [1.82, 2.24) is 0 Å². The molecule has 0 aliphatic carbocycles. The van der Waals surface area contributed by atoms with Gasteiger partial charge in [0.25, 0.3) is 0 Å². The molecule has 0 unspecified atom stereocenters. The van der Waals surface area contributed by atoms with Crippen molar-refractivity contribution in [2.45, 2.75) is 32.6 Å². The van der Waals surface area contributed by atoms with Crippen LogP contribution in [-0.2, 0) is 0 Å². The van der Waals surface area contributed by atoms with Crippen LogP contribution in [0.4, 0.5) is 5.69 Å². The number of ether oxygens (including phenoxy) is 1. The molecule has 18 heavy (non-hydrogen) atoms. The lowest BCUT2D eigenvalue weighted by atomic mass is 10.2. The Labute approximate surface area is 112 Å². The molecule has 0 radical (unpaired) electrons. The summed E-state index contributed by atoms with van der Waals surface area (Å²) in [5, 5.41) is 10.9. The summed E-state index contributed by atoms with van der Waals surface area (Å²) in [6.45, 7) is 2.32. The van der Waals surface area contributed by atoms with E-state index in [1.54, 1.807) is 6.07 Å². The Hall–Kier alpha value is -1.29. The highest BCUT2D eigenvalue weighted by Crippen LogP contribution is 2.30. The zero-order valence-corrected chi connectivity index (χ0v) is 11.3. The molecule has 0 aliphatic rings. The Balaban J connectivity index is 2.48.